The van der Waals surface area contributed by atoms with Crippen LogP contribution in [0.15, 0.2) is 0 Å². The molecule has 0 aliphatic heterocycles. The molecule has 0 radical (unpaired) electrons. The molecule has 10 heteroatoms. The number of aliphatic hydroxyl groups excluding tert-OH is 1. The zero-order valence-electron chi connectivity index (χ0n) is 21.7. The number of hydrogen-bond donors (Lipinski definition) is 4. The molecular weight excluding hydrogens is 532 g/mol. The summed E-state index contributed by atoms with van der Waals surface area (Å²) in [5, 5.41) is 11.3. The third kappa shape index (κ3) is 9.33. The second-order valence-corrected chi connectivity index (χ2v) is 13.8. The largest absolute Gasteiger partial charge is 0.465 e. The molecule has 0 spiro atoms. The third-order valence-corrected chi connectivity index (χ3v) is 9.98. The van der Waals surface area contributed by atoms with E-state index < -0.39 is 10.8 Å². The van der Waals surface area contributed by atoms with Gasteiger partial charge in [0, 0.05) is 21.2 Å². The van der Waals surface area contributed by atoms with Crippen molar-refractivity contribution in [3.05, 3.63) is 0 Å². The lowest BCUT2D eigenvalue weighted by atomic mass is 9.75. The van der Waals surface area contributed by atoms with E-state index in [1.807, 2.05) is 0 Å². The molecule has 37 heavy (non-hydrogen) atoms. The molecule has 0 bridgehead atoms. The van der Waals surface area contributed by atoms with Crippen LogP contribution >= 0.6 is 37.9 Å². The van der Waals surface area contributed by atoms with Gasteiger partial charge in [0.1, 0.15) is 19.5 Å². The molecule has 3 rings (SSSR count). The minimum Gasteiger partial charge on any atom is -0.465 e. The van der Waals surface area contributed by atoms with Crippen molar-refractivity contribution >= 4 is 56.1 Å². The maximum atomic E-state index is 12.8. The molecule has 0 unspecified atom stereocenters. The molecular formula is C27H44O7S3. The van der Waals surface area contributed by atoms with Crippen molar-refractivity contribution in [3.63, 3.8) is 0 Å². The molecule has 3 fully saturated rings. The number of aliphatic hydroxyl groups is 1. The van der Waals surface area contributed by atoms with E-state index in [1.165, 1.54) is 0 Å². The first-order valence-electron chi connectivity index (χ1n) is 13.7. The lowest BCUT2D eigenvalue weighted by molar-refractivity contribution is -0.168. The summed E-state index contributed by atoms with van der Waals surface area (Å²) >= 11 is 13.5. The first-order chi connectivity index (χ1) is 17.7. The maximum absolute atomic E-state index is 12.8. The van der Waals surface area contributed by atoms with Gasteiger partial charge in [0.15, 0.2) is 0 Å². The molecule has 0 amide bonds. The fraction of sp³-hybridized carbons (Fsp3) is 0.889. The van der Waals surface area contributed by atoms with E-state index in [9.17, 15) is 19.5 Å². The lowest BCUT2D eigenvalue weighted by Gasteiger charge is -2.36. The maximum Gasteiger partial charge on any atom is 0.308 e. The summed E-state index contributed by atoms with van der Waals surface area (Å²) < 4.78 is 17.4. The highest BCUT2D eigenvalue weighted by atomic mass is 32.1. The van der Waals surface area contributed by atoms with Gasteiger partial charge in [-0.15, -0.1) is 0 Å². The summed E-state index contributed by atoms with van der Waals surface area (Å²) in [5.74, 6) is -0.968. The van der Waals surface area contributed by atoms with Crippen LogP contribution in [-0.2, 0) is 28.6 Å². The second kappa shape index (κ2) is 14.8. The topological polar surface area (TPSA) is 99.1 Å². The van der Waals surface area contributed by atoms with E-state index in [1.54, 1.807) is 0 Å². The lowest BCUT2D eigenvalue weighted by Crippen LogP contribution is -2.44. The summed E-state index contributed by atoms with van der Waals surface area (Å²) in [4.78, 5) is 37.5. The summed E-state index contributed by atoms with van der Waals surface area (Å²) in [6.07, 6.45) is 10.4. The number of esters is 2. The van der Waals surface area contributed by atoms with Gasteiger partial charge in [-0.25, -0.2) is 0 Å². The van der Waals surface area contributed by atoms with Gasteiger partial charge in [-0.3, -0.25) is 9.59 Å². The zero-order valence-corrected chi connectivity index (χ0v) is 24.4. The second-order valence-electron chi connectivity index (χ2n) is 11.6. The van der Waals surface area contributed by atoms with Crippen molar-refractivity contribution < 1.29 is 33.7 Å². The Morgan fingerprint density at radius 1 is 0.757 bits per heavy atom. The van der Waals surface area contributed by atoms with Crippen LogP contribution in [0.4, 0.5) is 0 Å². The summed E-state index contributed by atoms with van der Waals surface area (Å²) in [7, 11) is 0. The highest BCUT2D eigenvalue weighted by Crippen LogP contribution is 2.37. The average molecular weight is 577 g/mol. The van der Waals surface area contributed by atoms with Crippen LogP contribution in [0, 0.1) is 22.7 Å². The number of thiol groups is 3. The van der Waals surface area contributed by atoms with Crippen molar-refractivity contribution in [3.8, 4) is 0 Å². The van der Waals surface area contributed by atoms with Crippen molar-refractivity contribution in [2.24, 2.45) is 22.7 Å². The quantitative estimate of drug-likeness (QED) is 0.158. The van der Waals surface area contributed by atoms with E-state index in [0.717, 1.165) is 70.5 Å². The number of rotatable bonds is 12. The molecule has 1 N–H and O–H groups in total. The van der Waals surface area contributed by atoms with E-state index in [0.29, 0.717) is 28.6 Å². The number of aldehydes is 1. The monoisotopic (exact) mass is 576 g/mol. The van der Waals surface area contributed by atoms with Crippen LogP contribution in [0.2, 0.25) is 0 Å². The van der Waals surface area contributed by atoms with Gasteiger partial charge in [-0.05, 0) is 77.0 Å². The molecule has 3 aliphatic carbocycles. The molecule has 212 valence electrons. The summed E-state index contributed by atoms with van der Waals surface area (Å²) in [6.45, 7) is -0.401. The van der Waals surface area contributed by atoms with Crippen molar-refractivity contribution in [1.29, 1.82) is 0 Å². The Kier molecular flexibility index (Phi) is 12.5. The predicted octanol–water partition coefficient (Wildman–Crippen LogP) is 4.10. The average Bonchev–Trinajstić information content (AvgIpc) is 2.92. The van der Waals surface area contributed by atoms with Crippen LogP contribution < -0.4 is 0 Å². The van der Waals surface area contributed by atoms with Gasteiger partial charge in [0.25, 0.3) is 0 Å². The van der Waals surface area contributed by atoms with Gasteiger partial charge in [-0.1, -0.05) is 0 Å². The van der Waals surface area contributed by atoms with Crippen LogP contribution in [0.1, 0.15) is 77.0 Å². The molecule has 3 aliphatic rings. The van der Waals surface area contributed by atoms with Crippen LogP contribution in [-0.4, -0.2) is 72.1 Å². The smallest absolute Gasteiger partial charge is 0.308 e. The Bertz CT molecular complexity index is 702. The van der Waals surface area contributed by atoms with E-state index in [4.69, 9.17) is 14.2 Å². The fourth-order valence-corrected chi connectivity index (χ4v) is 6.37. The Hall–Kier alpha value is -0.420. The highest BCUT2D eigenvalue weighted by Gasteiger charge is 2.39. The molecule has 0 aromatic heterocycles. The first-order valence-corrected chi connectivity index (χ1v) is 15.3. The Balaban J connectivity index is 1.61. The minimum absolute atomic E-state index is 0.0106. The van der Waals surface area contributed by atoms with E-state index >= 15 is 0 Å². The van der Waals surface area contributed by atoms with Crippen LogP contribution in [0.5, 0.6) is 0 Å². The van der Waals surface area contributed by atoms with Crippen LogP contribution in [0.3, 0.4) is 0 Å². The molecule has 0 saturated heterocycles. The molecule has 3 saturated carbocycles. The normalized spacial score (nSPS) is 34.2. The Morgan fingerprint density at radius 2 is 1.19 bits per heavy atom. The highest BCUT2D eigenvalue weighted by molar-refractivity contribution is 7.81. The SMILES string of the molecule is O=CC1(COCC(CO)(COC(=O)C2CCC(S)CC2)COC(=O)C2CCC(S)CC2)CCC(S)CC1. The Morgan fingerprint density at radius 3 is 1.59 bits per heavy atom. The number of carbonyl (C=O) groups excluding carboxylic acids is 3. The Labute approximate surface area is 237 Å². The van der Waals surface area contributed by atoms with Gasteiger partial charge in [-0.2, -0.15) is 37.9 Å². The molecule has 0 aromatic rings. The van der Waals surface area contributed by atoms with Gasteiger partial charge in [0.2, 0.25) is 0 Å². The van der Waals surface area contributed by atoms with Crippen molar-refractivity contribution in [2.75, 3.05) is 33.0 Å². The van der Waals surface area contributed by atoms with Crippen LogP contribution in [0.25, 0.3) is 0 Å². The number of carbonyl (C=O) groups is 3. The number of ether oxygens (including phenoxy) is 3. The predicted molar refractivity (Wildman–Crippen MR) is 151 cm³/mol. The molecule has 0 aromatic carbocycles. The van der Waals surface area contributed by atoms with E-state index in [2.05, 4.69) is 37.9 Å². The van der Waals surface area contributed by atoms with Crippen molar-refractivity contribution in [1.82, 2.24) is 0 Å². The number of hydrogen-bond acceptors (Lipinski definition) is 10. The van der Waals surface area contributed by atoms with Gasteiger partial charge >= 0.3 is 11.9 Å². The molecule has 0 heterocycles. The third-order valence-electron chi connectivity index (χ3n) is 8.44. The minimum atomic E-state index is -1.10. The van der Waals surface area contributed by atoms with Crippen molar-refractivity contribution in [2.45, 2.75) is 92.8 Å². The molecule has 0 atom stereocenters. The van der Waals surface area contributed by atoms with Gasteiger partial charge < -0.3 is 24.1 Å². The first kappa shape index (κ1) is 31.1. The summed E-state index contributed by atoms with van der Waals surface area (Å²) in [6, 6.07) is 0. The van der Waals surface area contributed by atoms with E-state index in [-0.39, 0.29) is 56.8 Å². The fourth-order valence-electron chi connectivity index (χ4n) is 5.51. The standard InChI is InChI=1S/C27H44O7S3/c28-13-26(11-9-23(37)10-12-26)15-32-16-27(14-29,17-33-24(30)19-1-5-21(35)6-2-19)18-34-25(31)20-3-7-22(36)8-4-20/h13,19-23,29,35-37H,1-12,14-18H2. The van der Waals surface area contributed by atoms with Gasteiger partial charge in [0.05, 0.1) is 37.1 Å². The molecule has 7 nitrogen and oxygen atoms in total. The zero-order chi connectivity index (χ0) is 26.9. The summed E-state index contributed by atoms with van der Waals surface area (Å²) in [5.41, 5.74) is -1.68.